The van der Waals surface area contributed by atoms with Gasteiger partial charge in [-0.3, -0.25) is 4.79 Å². The van der Waals surface area contributed by atoms with Gasteiger partial charge < -0.3 is 4.98 Å². The predicted molar refractivity (Wildman–Crippen MR) is 62.5 cm³/mol. The lowest BCUT2D eigenvalue weighted by Crippen LogP contribution is -2.13. The first-order valence-electron chi connectivity index (χ1n) is 5.74. The number of aryl methyl sites for hydroxylation is 1. The normalized spacial score (nSPS) is 17.9. The van der Waals surface area contributed by atoms with E-state index in [4.69, 9.17) is 0 Å². The molecule has 1 fully saturated rings. The number of fused-ring (bicyclic) bond motifs is 1. The lowest BCUT2D eigenvalue weighted by Gasteiger charge is -2.11. The lowest BCUT2D eigenvalue weighted by atomic mass is 10.2. The number of aromatic amines is 1. The molecule has 0 aliphatic heterocycles. The molecule has 1 aliphatic carbocycles. The minimum absolute atomic E-state index is 0.0465. The SMILES string of the molecule is Cc1cc(=O)[nH]c2c1cnn2[C@@H](C)C1CC1. The number of aromatic nitrogens is 3. The van der Waals surface area contributed by atoms with Crippen LogP contribution in [0.2, 0.25) is 0 Å². The first-order chi connectivity index (χ1) is 7.66. The van der Waals surface area contributed by atoms with E-state index in [2.05, 4.69) is 17.0 Å². The minimum atomic E-state index is -0.0465. The van der Waals surface area contributed by atoms with Crippen LogP contribution in [-0.4, -0.2) is 14.8 Å². The molecule has 3 rings (SSSR count). The molecule has 4 heteroatoms. The molecule has 2 aromatic heterocycles. The van der Waals surface area contributed by atoms with Gasteiger partial charge in [-0.25, -0.2) is 4.68 Å². The summed E-state index contributed by atoms with van der Waals surface area (Å²) in [5.41, 5.74) is 1.81. The molecule has 0 aromatic carbocycles. The van der Waals surface area contributed by atoms with Crippen molar-refractivity contribution in [2.75, 3.05) is 0 Å². The van der Waals surface area contributed by atoms with Crippen molar-refractivity contribution in [2.24, 2.45) is 5.92 Å². The Bertz CT molecular complexity index is 592. The summed E-state index contributed by atoms with van der Waals surface area (Å²) in [7, 11) is 0. The molecular formula is C12H15N3O. The number of H-pyrrole nitrogens is 1. The second-order valence-corrected chi connectivity index (χ2v) is 4.75. The molecule has 0 spiro atoms. The standard InChI is InChI=1S/C12H15N3O/c1-7-5-11(16)14-12-10(7)6-13-15(12)8(2)9-3-4-9/h5-6,8-9H,3-4H2,1-2H3,(H,14,16)/t8-/m0/s1. The van der Waals surface area contributed by atoms with Gasteiger partial charge in [-0.1, -0.05) is 0 Å². The highest BCUT2D eigenvalue weighted by Gasteiger charge is 2.30. The van der Waals surface area contributed by atoms with Gasteiger partial charge >= 0.3 is 0 Å². The van der Waals surface area contributed by atoms with E-state index < -0.39 is 0 Å². The molecule has 0 unspecified atom stereocenters. The van der Waals surface area contributed by atoms with Crippen LogP contribution in [-0.2, 0) is 0 Å². The van der Waals surface area contributed by atoms with Gasteiger partial charge in [0.05, 0.1) is 12.2 Å². The van der Waals surface area contributed by atoms with E-state index in [-0.39, 0.29) is 5.56 Å². The van der Waals surface area contributed by atoms with Crippen LogP contribution in [0.15, 0.2) is 17.1 Å². The van der Waals surface area contributed by atoms with Crippen LogP contribution in [0.3, 0.4) is 0 Å². The fraction of sp³-hybridized carbons (Fsp3) is 0.500. The summed E-state index contributed by atoms with van der Waals surface area (Å²) in [5, 5.41) is 5.45. The summed E-state index contributed by atoms with van der Waals surface area (Å²) in [5.74, 6) is 0.729. The fourth-order valence-electron chi connectivity index (χ4n) is 2.29. The third kappa shape index (κ3) is 1.37. The van der Waals surface area contributed by atoms with Crippen molar-refractivity contribution >= 4 is 11.0 Å². The van der Waals surface area contributed by atoms with Crippen LogP contribution >= 0.6 is 0 Å². The maximum atomic E-state index is 11.5. The summed E-state index contributed by atoms with van der Waals surface area (Å²) in [6.45, 7) is 4.12. The molecule has 16 heavy (non-hydrogen) atoms. The molecular weight excluding hydrogens is 202 g/mol. The topological polar surface area (TPSA) is 50.7 Å². The third-order valence-corrected chi connectivity index (χ3v) is 3.50. The summed E-state index contributed by atoms with van der Waals surface area (Å²) >= 11 is 0. The van der Waals surface area contributed by atoms with Gasteiger partial charge in [0.1, 0.15) is 5.65 Å². The zero-order chi connectivity index (χ0) is 11.3. The summed E-state index contributed by atoms with van der Waals surface area (Å²) in [6.07, 6.45) is 4.40. The zero-order valence-corrected chi connectivity index (χ0v) is 9.53. The number of nitrogens with zero attached hydrogens (tertiary/aromatic N) is 2. The van der Waals surface area contributed by atoms with Gasteiger partial charge in [0, 0.05) is 11.5 Å². The van der Waals surface area contributed by atoms with Crippen LogP contribution in [0, 0.1) is 12.8 Å². The van der Waals surface area contributed by atoms with E-state index in [1.165, 1.54) is 12.8 Å². The molecule has 1 saturated carbocycles. The van der Waals surface area contributed by atoms with Crippen molar-refractivity contribution in [1.29, 1.82) is 0 Å². The van der Waals surface area contributed by atoms with Gasteiger partial charge in [-0.2, -0.15) is 5.10 Å². The Morgan fingerprint density at radius 2 is 2.31 bits per heavy atom. The van der Waals surface area contributed by atoms with E-state index in [9.17, 15) is 4.79 Å². The number of rotatable bonds is 2. The average molecular weight is 217 g/mol. The molecule has 0 bridgehead atoms. The van der Waals surface area contributed by atoms with Gasteiger partial charge in [-0.05, 0) is 38.2 Å². The Morgan fingerprint density at radius 1 is 1.56 bits per heavy atom. The smallest absolute Gasteiger partial charge is 0.249 e. The maximum absolute atomic E-state index is 11.5. The highest BCUT2D eigenvalue weighted by atomic mass is 16.1. The van der Waals surface area contributed by atoms with Crippen LogP contribution in [0.1, 0.15) is 31.4 Å². The largest absolute Gasteiger partial charge is 0.307 e. The number of nitrogens with one attached hydrogen (secondary N) is 1. The van der Waals surface area contributed by atoms with Crippen molar-refractivity contribution < 1.29 is 0 Å². The van der Waals surface area contributed by atoms with Gasteiger partial charge in [0.2, 0.25) is 5.56 Å². The van der Waals surface area contributed by atoms with Crippen molar-refractivity contribution in [2.45, 2.75) is 32.7 Å². The second kappa shape index (κ2) is 3.20. The van der Waals surface area contributed by atoms with Crippen LogP contribution in [0.25, 0.3) is 11.0 Å². The van der Waals surface area contributed by atoms with Crippen molar-refractivity contribution in [1.82, 2.24) is 14.8 Å². The fourth-order valence-corrected chi connectivity index (χ4v) is 2.29. The van der Waals surface area contributed by atoms with Crippen LogP contribution in [0.5, 0.6) is 0 Å². The Labute approximate surface area is 93.3 Å². The number of hydrogen-bond donors (Lipinski definition) is 1. The predicted octanol–water partition coefficient (Wildman–Crippen LogP) is 2.00. The highest BCUT2D eigenvalue weighted by molar-refractivity contribution is 5.78. The molecule has 84 valence electrons. The van der Waals surface area contributed by atoms with Crippen molar-refractivity contribution in [3.63, 3.8) is 0 Å². The van der Waals surface area contributed by atoms with E-state index in [0.29, 0.717) is 6.04 Å². The quantitative estimate of drug-likeness (QED) is 0.836. The third-order valence-electron chi connectivity index (χ3n) is 3.50. The molecule has 4 nitrogen and oxygen atoms in total. The first-order valence-corrected chi connectivity index (χ1v) is 5.74. The summed E-state index contributed by atoms with van der Waals surface area (Å²) < 4.78 is 1.96. The van der Waals surface area contributed by atoms with Crippen molar-refractivity contribution in [3.8, 4) is 0 Å². The highest BCUT2D eigenvalue weighted by Crippen LogP contribution is 2.39. The average Bonchev–Trinajstić information content (AvgIpc) is 2.98. The summed E-state index contributed by atoms with van der Waals surface area (Å²) in [4.78, 5) is 14.4. The molecule has 1 atom stereocenters. The molecule has 2 aromatic rings. The first kappa shape index (κ1) is 9.63. The Morgan fingerprint density at radius 3 is 3.00 bits per heavy atom. The monoisotopic (exact) mass is 217 g/mol. The number of hydrogen-bond acceptors (Lipinski definition) is 2. The molecule has 0 amide bonds. The van der Waals surface area contributed by atoms with E-state index >= 15 is 0 Å². The summed E-state index contributed by atoms with van der Waals surface area (Å²) in [6, 6.07) is 2.01. The molecule has 1 N–H and O–H groups in total. The van der Waals surface area contributed by atoms with Gasteiger partial charge in [0.15, 0.2) is 0 Å². The molecule has 0 radical (unpaired) electrons. The molecule has 2 heterocycles. The van der Waals surface area contributed by atoms with E-state index in [0.717, 1.165) is 22.5 Å². The Kier molecular flexibility index (Phi) is 1.93. The van der Waals surface area contributed by atoms with Crippen LogP contribution in [0.4, 0.5) is 0 Å². The number of pyridine rings is 1. The van der Waals surface area contributed by atoms with Gasteiger partial charge in [-0.15, -0.1) is 0 Å². The van der Waals surface area contributed by atoms with Gasteiger partial charge in [0.25, 0.3) is 0 Å². The Balaban J connectivity index is 2.22. The molecule has 1 aliphatic rings. The van der Waals surface area contributed by atoms with E-state index in [1.54, 1.807) is 6.07 Å². The lowest BCUT2D eigenvalue weighted by molar-refractivity contribution is 0.450. The van der Waals surface area contributed by atoms with E-state index in [1.807, 2.05) is 17.8 Å². The zero-order valence-electron chi connectivity index (χ0n) is 9.53. The van der Waals surface area contributed by atoms with Crippen LogP contribution < -0.4 is 5.56 Å². The maximum Gasteiger partial charge on any atom is 0.249 e. The van der Waals surface area contributed by atoms with Crippen molar-refractivity contribution in [3.05, 3.63) is 28.2 Å². The minimum Gasteiger partial charge on any atom is -0.307 e. The Hall–Kier alpha value is -1.58. The molecule has 0 saturated heterocycles. The second-order valence-electron chi connectivity index (χ2n) is 4.75.